The molecule has 5 nitrogen and oxygen atoms in total. The molecule has 1 aliphatic heterocycles. The number of ether oxygens (including phenoxy) is 1. The second kappa shape index (κ2) is 9.69. The number of sulfone groups is 1. The normalized spacial score (nSPS) is 19.9. The first kappa shape index (κ1) is 22.3. The Labute approximate surface area is 192 Å². The van der Waals surface area contributed by atoms with Gasteiger partial charge in [0.2, 0.25) is 0 Å². The van der Waals surface area contributed by atoms with E-state index in [0.717, 1.165) is 25.9 Å². The van der Waals surface area contributed by atoms with Crippen molar-refractivity contribution in [2.75, 3.05) is 6.54 Å². The Morgan fingerprint density at radius 2 is 2.03 bits per heavy atom. The van der Waals surface area contributed by atoms with E-state index in [-0.39, 0.29) is 16.8 Å². The second-order valence-corrected chi connectivity index (χ2v) is 11.2. The zero-order chi connectivity index (χ0) is 21.8. The zero-order valence-corrected chi connectivity index (χ0v) is 19.7. The predicted octanol–water partition coefficient (Wildman–Crippen LogP) is 5.20. The Hall–Kier alpha value is -1.93. The molecule has 3 aromatic rings. The summed E-state index contributed by atoms with van der Waals surface area (Å²) in [6.45, 7) is 4.09. The summed E-state index contributed by atoms with van der Waals surface area (Å²) >= 11 is 7.72. The van der Waals surface area contributed by atoms with E-state index in [9.17, 15) is 8.42 Å². The summed E-state index contributed by atoms with van der Waals surface area (Å²) in [6.07, 6.45) is 3.45. The third-order valence-corrected chi connectivity index (χ3v) is 8.43. The van der Waals surface area contributed by atoms with Gasteiger partial charge in [0, 0.05) is 30.7 Å². The van der Waals surface area contributed by atoms with E-state index in [2.05, 4.69) is 41.1 Å². The molecule has 2 atom stereocenters. The van der Waals surface area contributed by atoms with Crippen LogP contribution in [0.15, 0.2) is 65.0 Å². The molecule has 0 radical (unpaired) electrons. The molecule has 1 unspecified atom stereocenters. The third kappa shape index (κ3) is 5.66. The van der Waals surface area contributed by atoms with Crippen LogP contribution in [0.2, 0.25) is 5.02 Å². The number of hydrogen-bond acceptors (Lipinski definition) is 6. The Kier molecular flexibility index (Phi) is 6.96. The maximum absolute atomic E-state index is 12.6. The van der Waals surface area contributed by atoms with Gasteiger partial charge in [0.1, 0.15) is 22.6 Å². The minimum atomic E-state index is -3.50. The van der Waals surface area contributed by atoms with E-state index in [1.807, 2.05) is 6.07 Å². The minimum Gasteiger partial charge on any atom is -0.489 e. The number of piperidine rings is 1. The molecule has 1 aromatic heterocycles. The molecule has 2 heterocycles. The number of benzene rings is 2. The van der Waals surface area contributed by atoms with Gasteiger partial charge >= 0.3 is 0 Å². The van der Waals surface area contributed by atoms with Crippen molar-refractivity contribution < 1.29 is 13.2 Å². The molecule has 2 aromatic carbocycles. The van der Waals surface area contributed by atoms with E-state index in [1.54, 1.807) is 23.7 Å². The van der Waals surface area contributed by atoms with Crippen LogP contribution < -0.4 is 4.74 Å². The SMILES string of the molecule is C[C@@H]1CC(Oc2ccc(S(=O)(=O)Cc3nccs3)cc2Cl)CCN1Cc1ccccc1. The van der Waals surface area contributed by atoms with Crippen LogP contribution in [0.25, 0.3) is 0 Å². The lowest BCUT2D eigenvalue weighted by atomic mass is 9.99. The van der Waals surface area contributed by atoms with Crippen molar-refractivity contribution in [1.82, 2.24) is 9.88 Å². The number of nitrogens with zero attached hydrogens (tertiary/aromatic N) is 2. The van der Waals surface area contributed by atoms with Gasteiger partial charge in [0.15, 0.2) is 9.84 Å². The predicted molar refractivity (Wildman–Crippen MR) is 124 cm³/mol. The molecule has 0 bridgehead atoms. The summed E-state index contributed by atoms with van der Waals surface area (Å²) in [5.74, 6) is 0.405. The molecule has 1 fully saturated rings. The number of halogens is 1. The van der Waals surface area contributed by atoms with Gasteiger partial charge in [-0.05, 0) is 43.5 Å². The standard InChI is InChI=1S/C23H25ClN2O3S2/c1-17-13-19(9-11-26(17)15-18-5-3-2-4-6-18)29-22-8-7-20(14-21(22)24)31(27,28)16-23-25-10-12-30-23/h2-8,10,12,14,17,19H,9,11,13,15-16H2,1H3/t17-,19?/m1/s1. The lowest BCUT2D eigenvalue weighted by molar-refractivity contribution is 0.0586. The van der Waals surface area contributed by atoms with Crippen LogP contribution in [0.4, 0.5) is 0 Å². The maximum atomic E-state index is 12.6. The molecule has 0 aliphatic carbocycles. The van der Waals surface area contributed by atoms with E-state index >= 15 is 0 Å². The fourth-order valence-corrected chi connectivity index (χ4v) is 6.42. The highest BCUT2D eigenvalue weighted by Crippen LogP contribution is 2.32. The van der Waals surface area contributed by atoms with Crippen LogP contribution in [-0.2, 0) is 22.1 Å². The van der Waals surface area contributed by atoms with Gasteiger partial charge in [-0.25, -0.2) is 13.4 Å². The molecule has 164 valence electrons. The van der Waals surface area contributed by atoms with Crippen LogP contribution in [0, 0.1) is 0 Å². The van der Waals surface area contributed by atoms with Gasteiger partial charge in [0.25, 0.3) is 0 Å². The van der Waals surface area contributed by atoms with Gasteiger partial charge < -0.3 is 4.74 Å². The molecule has 0 spiro atoms. The first-order valence-electron chi connectivity index (χ1n) is 10.3. The monoisotopic (exact) mass is 476 g/mol. The van der Waals surface area contributed by atoms with Crippen molar-refractivity contribution in [2.45, 2.75) is 49.1 Å². The summed E-state index contributed by atoms with van der Waals surface area (Å²) in [6, 6.07) is 15.6. The van der Waals surface area contributed by atoms with Crippen LogP contribution in [0.3, 0.4) is 0 Å². The number of thiazole rings is 1. The fourth-order valence-electron chi connectivity index (χ4n) is 3.86. The largest absolute Gasteiger partial charge is 0.489 e. The van der Waals surface area contributed by atoms with E-state index in [4.69, 9.17) is 16.3 Å². The smallest absolute Gasteiger partial charge is 0.184 e. The Morgan fingerprint density at radius 1 is 1.23 bits per heavy atom. The summed E-state index contributed by atoms with van der Waals surface area (Å²) < 4.78 is 31.5. The van der Waals surface area contributed by atoms with E-state index in [1.165, 1.54) is 23.0 Å². The molecule has 0 amide bonds. The highest BCUT2D eigenvalue weighted by molar-refractivity contribution is 7.90. The molecular weight excluding hydrogens is 452 g/mol. The first-order chi connectivity index (χ1) is 14.9. The van der Waals surface area contributed by atoms with Crippen molar-refractivity contribution in [3.8, 4) is 5.75 Å². The average molecular weight is 477 g/mol. The molecule has 8 heteroatoms. The van der Waals surface area contributed by atoms with Crippen molar-refractivity contribution in [1.29, 1.82) is 0 Å². The summed E-state index contributed by atoms with van der Waals surface area (Å²) in [4.78, 5) is 6.71. The maximum Gasteiger partial charge on any atom is 0.184 e. The van der Waals surface area contributed by atoms with Crippen molar-refractivity contribution in [3.63, 3.8) is 0 Å². The van der Waals surface area contributed by atoms with Crippen LogP contribution in [-0.4, -0.2) is 37.0 Å². The molecule has 1 saturated heterocycles. The molecule has 4 rings (SSSR count). The summed E-state index contributed by atoms with van der Waals surface area (Å²) in [5.41, 5.74) is 1.31. The number of rotatable bonds is 7. The number of hydrogen-bond donors (Lipinski definition) is 0. The molecule has 1 aliphatic rings. The summed E-state index contributed by atoms with van der Waals surface area (Å²) in [7, 11) is -3.50. The van der Waals surface area contributed by atoms with Crippen molar-refractivity contribution in [2.24, 2.45) is 0 Å². The van der Waals surface area contributed by atoms with Crippen LogP contribution >= 0.6 is 22.9 Å². The minimum absolute atomic E-state index is 0.0531. The van der Waals surface area contributed by atoms with Crippen molar-refractivity contribution >= 4 is 32.8 Å². The first-order valence-corrected chi connectivity index (χ1v) is 13.2. The molecular formula is C23H25ClN2O3S2. The summed E-state index contributed by atoms with van der Waals surface area (Å²) in [5, 5.41) is 2.65. The number of likely N-dealkylation sites (tertiary alicyclic amines) is 1. The van der Waals surface area contributed by atoms with Crippen molar-refractivity contribution in [3.05, 3.63) is 75.7 Å². The van der Waals surface area contributed by atoms with Gasteiger partial charge in [-0.15, -0.1) is 11.3 Å². The Balaban J connectivity index is 1.37. The van der Waals surface area contributed by atoms with Gasteiger partial charge in [-0.1, -0.05) is 41.9 Å². The second-order valence-electron chi connectivity index (χ2n) is 7.85. The topological polar surface area (TPSA) is 59.5 Å². The molecule has 31 heavy (non-hydrogen) atoms. The molecule has 0 saturated carbocycles. The fraction of sp³-hybridized carbons (Fsp3) is 0.348. The third-order valence-electron chi connectivity index (χ3n) is 5.55. The highest BCUT2D eigenvalue weighted by atomic mass is 35.5. The molecule has 0 N–H and O–H groups in total. The zero-order valence-electron chi connectivity index (χ0n) is 17.3. The Bertz CT molecular complexity index is 1110. The van der Waals surface area contributed by atoms with E-state index < -0.39 is 9.84 Å². The lowest BCUT2D eigenvalue weighted by Gasteiger charge is -2.37. The van der Waals surface area contributed by atoms with Gasteiger partial charge in [-0.3, -0.25) is 4.90 Å². The Morgan fingerprint density at radius 3 is 2.71 bits per heavy atom. The van der Waals surface area contributed by atoms with Gasteiger partial charge in [-0.2, -0.15) is 0 Å². The van der Waals surface area contributed by atoms with Crippen LogP contribution in [0.5, 0.6) is 5.75 Å². The van der Waals surface area contributed by atoms with Gasteiger partial charge in [0.05, 0.1) is 9.92 Å². The highest BCUT2D eigenvalue weighted by Gasteiger charge is 2.27. The average Bonchev–Trinajstić information content (AvgIpc) is 3.24. The van der Waals surface area contributed by atoms with E-state index in [0.29, 0.717) is 21.8 Å². The lowest BCUT2D eigenvalue weighted by Crippen LogP contribution is -2.43. The number of aromatic nitrogens is 1. The quantitative estimate of drug-likeness (QED) is 0.469. The van der Waals surface area contributed by atoms with Crippen LogP contribution in [0.1, 0.15) is 30.3 Å².